The van der Waals surface area contributed by atoms with Crippen molar-refractivity contribution in [1.29, 1.82) is 0 Å². The van der Waals surface area contributed by atoms with Crippen LogP contribution < -0.4 is 9.64 Å². The van der Waals surface area contributed by atoms with Crippen LogP contribution in [0.4, 0.5) is 0 Å². The van der Waals surface area contributed by atoms with E-state index in [1.807, 2.05) is 0 Å². The van der Waals surface area contributed by atoms with Gasteiger partial charge in [0.15, 0.2) is 0 Å². The van der Waals surface area contributed by atoms with E-state index in [4.69, 9.17) is 9.47 Å². The van der Waals surface area contributed by atoms with Gasteiger partial charge in [0.2, 0.25) is 0 Å². The average molecular weight is 292 g/mol. The molecule has 118 valence electrons. The standard InChI is InChI=1S/C18H29NO2/c1-15-13-16(2)18(17(3)14-15)21-12-11-20-10-9-19-7-5-4-6-8-19/h13-14H,4-12H2,1-3H3/p+1. The smallest absolute Gasteiger partial charge is 0.125 e. The van der Waals surface area contributed by atoms with Gasteiger partial charge in [0.1, 0.15) is 18.9 Å². The predicted octanol–water partition coefficient (Wildman–Crippen LogP) is 2.08. The number of ether oxygens (including phenoxy) is 2. The van der Waals surface area contributed by atoms with Crippen molar-refractivity contribution in [2.75, 3.05) is 39.5 Å². The number of piperidine rings is 1. The number of benzene rings is 1. The van der Waals surface area contributed by atoms with Crippen LogP contribution in [0.15, 0.2) is 12.1 Å². The summed E-state index contributed by atoms with van der Waals surface area (Å²) >= 11 is 0. The Balaban J connectivity index is 1.61. The maximum atomic E-state index is 5.88. The largest absolute Gasteiger partial charge is 0.491 e. The summed E-state index contributed by atoms with van der Waals surface area (Å²) in [4.78, 5) is 1.70. The molecule has 1 aromatic carbocycles. The van der Waals surface area contributed by atoms with Crippen molar-refractivity contribution < 1.29 is 14.4 Å². The number of quaternary nitrogens is 1. The quantitative estimate of drug-likeness (QED) is 0.778. The zero-order valence-corrected chi connectivity index (χ0v) is 13.8. The second-order valence-corrected chi connectivity index (χ2v) is 6.25. The molecule has 1 aliphatic rings. The second-order valence-electron chi connectivity index (χ2n) is 6.25. The molecule has 0 bridgehead atoms. The molecule has 0 amide bonds. The molecular formula is C18H30NO2+. The maximum absolute atomic E-state index is 5.88. The molecule has 1 N–H and O–H groups in total. The van der Waals surface area contributed by atoms with E-state index in [0.29, 0.717) is 13.2 Å². The zero-order chi connectivity index (χ0) is 15.1. The minimum Gasteiger partial charge on any atom is -0.491 e. The molecule has 0 spiro atoms. The normalized spacial score (nSPS) is 16.1. The monoisotopic (exact) mass is 292 g/mol. The molecule has 0 saturated carbocycles. The molecule has 3 heteroatoms. The summed E-state index contributed by atoms with van der Waals surface area (Å²) in [6.07, 6.45) is 4.17. The van der Waals surface area contributed by atoms with Crippen LogP contribution in [0.1, 0.15) is 36.0 Å². The molecule has 1 heterocycles. The van der Waals surface area contributed by atoms with Crippen molar-refractivity contribution in [2.45, 2.75) is 40.0 Å². The van der Waals surface area contributed by atoms with E-state index in [-0.39, 0.29) is 0 Å². The summed E-state index contributed by atoms with van der Waals surface area (Å²) in [5.74, 6) is 1.02. The van der Waals surface area contributed by atoms with Crippen molar-refractivity contribution in [3.63, 3.8) is 0 Å². The third-order valence-electron chi connectivity index (χ3n) is 4.24. The number of rotatable bonds is 7. The highest BCUT2D eigenvalue weighted by atomic mass is 16.5. The Labute approximate surface area is 129 Å². The fourth-order valence-corrected chi connectivity index (χ4v) is 3.22. The Morgan fingerprint density at radius 1 is 0.905 bits per heavy atom. The lowest BCUT2D eigenvalue weighted by atomic mass is 10.1. The molecule has 2 rings (SSSR count). The molecule has 0 atom stereocenters. The first-order valence-electron chi connectivity index (χ1n) is 8.29. The van der Waals surface area contributed by atoms with Gasteiger partial charge in [0.25, 0.3) is 0 Å². The molecule has 1 fully saturated rings. The Kier molecular flexibility index (Phi) is 6.52. The second kappa shape index (κ2) is 8.40. The Bertz CT molecular complexity index is 416. The number of aryl methyl sites for hydroxylation is 3. The van der Waals surface area contributed by atoms with Crippen LogP contribution in [-0.4, -0.2) is 39.5 Å². The van der Waals surface area contributed by atoms with Gasteiger partial charge in [-0.15, -0.1) is 0 Å². The first-order valence-corrected chi connectivity index (χ1v) is 8.29. The number of hydrogen-bond donors (Lipinski definition) is 1. The van der Waals surface area contributed by atoms with Crippen molar-refractivity contribution in [3.05, 3.63) is 28.8 Å². The van der Waals surface area contributed by atoms with Crippen molar-refractivity contribution in [3.8, 4) is 5.75 Å². The molecule has 3 nitrogen and oxygen atoms in total. The van der Waals surface area contributed by atoms with Gasteiger partial charge in [0, 0.05) is 0 Å². The van der Waals surface area contributed by atoms with Crippen molar-refractivity contribution in [1.82, 2.24) is 0 Å². The first kappa shape index (κ1) is 16.3. The molecule has 1 aromatic rings. The molecule has 21 heavy (non-hydrogen) atoms. The van der Waals surface area contributed by atoms with Gasteiger partial charge in [-0.2, -0.15) is 0 Å². The van der Waals surface area contributed by atoms with Gasteiger partial charge in [-0.1, -0.05) is 17.7 Å². The summed E-state index contributed by atoms with van der Waals surface area (Å²) in [5, 5.41) is 0. The van der Waals surface area contributed by atoms with Crippen LogP contribution in [0.2, 0.25) is 0 Å². The highest BCUT2D eigenvalue weighted by molar-refractivity contribution is 5.42. The van der Waals surface area contributed by atoms with Crippen LogP contribution >= 0.6 is 0 Å². The molecule has 1 aliphatic heterocycles. The van der Waals surface area contributed by atoms with Gasteiger partial charge in [-0.05, 0) is 51.2 Å². The highest BCUT2D eigenvalue weighted by Crippen LogP contribution is 2.24. The van der Waals surface area contributed by atoms with E-state index < -0.39 is 0 Å². The van der Waals surface area contributed by atoms with E-state index in [1.165, 1.54) is 49.0 Å². The van der Waals surface area contributed by atoms with Crippen LogP contribution in [0.3, 0.4) is 0 Å². The van der Waals surface area contributed by atoms with Gasteiger partial charge in [-0.3, -0.25) is 0 Å². The SMILES string of the molecule is Cc1cc(C)c(OCCOCC[NH+]2CCCCC2)c(C)c1. The van der Waals surface area contributed by atoms with Crippen molar-refractivity contribution in [2.24, 2.45) is 0 Å². The van der Waals surface area contributed by atoms with E-state index >= 15 is 0 Å². The summed E-state index contributed by atoms with van der Waals surface area (Å²) in [7, 11) is 0. The average Bonchev–Trinajstić information content (AvgIpc) is 2.45. The molecule has 0 aromatic heterocycles. The van der Waals surface area contributed by atoms with Crippen LogP contribution in [0, 0.1) is 20.8 Å². The van der Waals surface area contributed by atoms with Crippen LogP contribution in [0.5, 0.6) is 5.75 Å². The maximum Gasteiger partial charge on any atom is 0.125 e. The minimum absolute atomic E-state index is 0.639. The highest BCUT2D eigenvalue weighted by Gasteiger charge is 2.12. The Morgan fingerprint density at radius 2 is 1.57 bits per heavy atom. The van der Waals surface area contributed by atoms with E-state index in [9.17, 15) is 0 Å². The van der Waals surface area contributed by atoms with Crippen LogP contribution in [0.25, 0.3) is 0 Å². The molecule has 1 saturated heterocycles. The van der Waals surface area contributed by atoms with E-state index in [0.717, 1.165) is 18.9 Å². The fourth-order valence-electron chi connectivity index (χ4n) is 3.22. The molecule has 0 aliphatic carbocycles. The Morgan fingerprint density at radius 3 is 2.24 bits per heavy atom. The third kappa shape index (κ3) is 5.33. The summed E-state index contributed by atoms with van der Waals surface area (Å²) < 4.78 is 11.6. The van der Waals surface area contributed by atoms with Gasteiger partial charge < -0.3 is 14.4 Å². The zero-order valence-electron chi connectivity index (χ0n) is 13.8. The molecule has 0 radical (unpaired) electrons. The lowest BCUT2D eigenvalue weighted by Gasteiger charge is -2.23. The molecular weight excluding hydrogens is 262 g/mol. The van der Waals surface area contributed by atoms with E-state index in [1.54, 1.807) is 4.90 Å². The lowest BCUT2D eigenvalue weighted by molar-refractivity contribution is -0.905. The van der Waals surface area contributed by atoms with Gasteiger partial charge >= 0.3 is 0 Å². The number of nitrogens with one attached hydrogen (secondary N) is 1. The fraction of sp³-hybridized carbons (Fsp3) is 0.667. The minimum atomic E-state index is 0.639. The van der Waals surface area contributed by atoms with E-state index in [2.05, 4.69) is 32.9 Å². The predicted molar refractivity (Wildman–Crippen MR) is 86.4 cm³/mol. The summed E-state index contributed by atoms with van der Waals surface area (Å²) in [6, 6.07) is 4.34. The lowest BCUT2D eigenvalue weighted by Crippen LogP contribution is -3.13. The van der Waals surface area contributed by atoms with Crippen LogP contribution in [-0.2, 0) is 4.74 Å². The summed E-state index contributed by atoms with van der Waals surface area (Å²) in [5.41, 5.74) is 3.72. The summed E-state index contributed by atoms with van der Waals surface area (Å²) in [6.45, 7) is 12.3. The Hall–Kier alpha value is -1.06. The topological polar surface area (TPSA) is 22.9 Å². The number of likely N-dealkylation sites (tertiary alicyclic amines) is 1. The van der Waals surface area contributed by atoms with Crippen molar-refractivity contribution >= 4 is 0 Å². The third-order valence-corrected chi connectivity index (χ3v) is 4.24. The molecule has 0 unspecified atom stereocenters. The van der Waals surface area contributed by atoms with Gasteiger partial charge in [0.05, 0.1) is 26.3 Å². The van der Waals surface area contributed by atoms with Gasteiger partial charge in [-0.25, -0.2) is 0 Å². The number of hydrogen-bond acceptors (Lipinski definition) is 2. The first-order chi connectivity index (χ1) is 10.2.